The van der Waals surface area contributed by atoms with Gasteiger partial charge in [0, 0.05) is 37.5 Å². The van der Waals surface area contributed by atoms with Crippen LogP contribution < -0.4 is 0 Å². The van der Waals surface area contributed by atoms with E-state index in [1.807, 2.05) is 0 Å². The van der Waals surface area contributed by atoms with E-state index in [9.17, 15) is 29.4 Å². The Bertz CT molecular complexity index is 1010. The molecule has 8 rings (SSSR count). The third kappa shape index (κ3) is 3.77. The third-order valence-corrected chi connectivity index (χ3v) is 8.98. The molecule has 6 unspecified atom stereocenters. The summed E-state index contributed by atoms with van der Waals surface area (Å²) in [5.41, 5.74) is 0.924. The van der Waals surface area contributed by atoms with Crippen molar-refractivity contribution in [3.8, 4) is 0 Å². The molecule has 0 aromatic heterocycles. The summed E-state index contributed by atoms with van der Waals surface area (Å²) in [5, 5.41) is 19.7. The van der Waals surface area contributed by atoms with Crippen molar-refractivity contribution >= 4 is 23.9 Å². The van der Waals surface area contributed by atoms with Crippen LogP contribution in [0.3, 0.4) is 0 Å². The van der Waals surface area contributed by atoms with Gasteiger partial charge in [0.25, 0.3) is 0 Å². The highest BCUT2D eigenvalue weighted by atomic mass is 16.9. The Kier molecular flexibility index (Phi) is 5.65. The predicted octanol–water partition coefficient (Wildman–Crippen LogP) is 2.35. The molecule has 37 heavy (non-hydrogen) atoms. The number of carbonyl (C=O) groups excluding carboxylic acids is 2. The Morgan fingerprint density at radius 2 is 1.14 bits per heavy atom. The highest BCUT2D eigenvalue weighted by molar-refractivity contribution is 5.93. The molecule has 0 saturated carbocycles. The second-order valence-corrected chi connectivity index (χ2v) is 11.1. The van der Waals surface area contributed by atoms with Gasteiger partial charge in [-0.3, -0.25) is 19.2 Å². The van der Waals surface area contributed by atoms with Gasteiger partial charge in [-0.1, -0.05) is 23.3 Å². The standard InChI is InChI=1S/C26H30O11/c1-11-7-13(25-5-3-17(34-25)35-25)9-15(19(11)21(27)28)23(31)33-24(32)16-10-14(8-12(2)20(16)22(29)30)26-6-4-18(36-26)37-26/h7-8,13-20H,3-6,9-10H2,1-2H3,(H,27,28)(H,29,30). The normalized spacial score (nSPS) is 45.7. The van der Waals surface area contributed by atoms with Gasteiger partial charge in [-0.05, 0) is 26.7 Å². The molecule has 2 N–H and O–H groups in total. The van der Waals surface area contributed by atoms with E-state index in [4.69, 9.17) is 23.7 Å². The number of carboxylic acid groups (broad SMARTS) is 2. The monoisotopic (exact) mass is 518 g/mol. The van der Waals surface area contributed by atoms with Crippen LogP contribution >= 0.6 is 0 Å². The van der Waals surface area contributed by atoms with Gasteiger partial charge in [0.2, 0.25) is 0 Å². The molecule has 6 atom stereocenters. The quantitative estimate of drug-likeness (QED) is 0.302. The smallest absolute Gasteiger partial charge is 0.317 e. The van der Waals surface area contributed by atoms with Crippen molar-refractivity contribution in [2.24, 2.45) is 35.5 Å². The average Bonchev–Trinajstić information content (AvgIpc) is 3.57. The number of fused-ring (bicyclic) bond motifs is 2. The second-order valence-electron chi connectivity index (χ2n) is 11.1. The molecular weight excluding hydrogens is 488 g/mol. The molecule has 6 saturated heterocycles. The molecule has 8 aliphatic rings. The fourth-order valence-electron chi connectivity index (χ4n) is 7.23. The zero-order valence-electron chi connectivity index (χ0n) is 20.6. The summed E-state index contributed by atoms with van der Waals surface area (Å²) >= 11 is 0. The number of ether oxygens (including phenoxy) is 5. The van der Waals surface area contributed by atoms with Crippen LogP contribution in [0.1, 0.15) is 52.4 Å². The van der Waals surface area contributed by atoms with E-state index in [1.165, 1.54) is 0 Å². The molecule has 6 aliphatic heterocycles. The summed E-state index contributed by atoms with van der Waals surface area (Å²) in [6.07, 6.45) is 5.86. The van der Waals surface area contributed by atoms with Crippen LogP contribution in [0.4, 0.5) is 0 Å². The number of hydrogen-bond acceptors (Lipinski definition) is 9. The molecule has 200 valence electrons. The zero-order valence-corrected chi connectivity index (χ0v) is 20.6. The lowest BCUT2D eigenvalue weighted by molar-refractivity contribution is -0.423. The molecular formula is C26H30O11. The van der Waals surface area contributed by atoms with Crippen LogP contribution in [0.25, 0.3) is 0 Å². The molecule has 4 bridgehead atoms. The van der Waals surface area contributed by atoms with Crippen molar-refractivity contribution in [1.82, 2.24) is 0 Å². The van der Waals surface area contributed by atoms with Gasteiger partial charge in [-0.2, -0.15) is 0 Å². The van der Waals surface area contributed by atoms with Crippen molar-refractivity contribution in [3.05, 3.63) is 23.3 Å². The molecule has 11 nitrogen and oxygen atoms in total. The Labute approximate surface area is 212 Å². The number of esters is 2. The van der Waals surface area contributed by atoms with Gasteiger partial charge < -0.3 is 33.9 Å². The molecule has 0 aromatic rings. The SMILES string of the molecule is CC1=CC(C23CCC(O2)O3)CC(C(=O)OC(=O)C2CC(C34CCC(O3)O4)C=C(C)C2C(=O)O)C1C(=O)O. The summed E-state index contributed by atoms with van der Waals surface area (Å²) < 4.78 is 28.6. The summed E-state index contributed by atoms with van der Waals surface area (Å²) in [7, 11) is 0. The van der Waals surface area contributed by atoms with Crippen molar-refractivity contribution in [2.75, 3.05) is 0 Å². The number of carbonyl (C=O) groups is 4. The highest BCUT2D eigenvalue weighted by Crippen LogP contribution is 2.55. The molecule has 6 fully saturated rings. The summed E-state index contributed by atoms with van der Waals surface area (Å²) in [6, 6.07) is 0. The van der Waals surface area contributed by atoms with Crippen LogP contribution in [0.2, 0.25) is 0 Å². The van der Waals surface area contributed by atoms with Crippen molar-refractivity contribution < 1.29 is 53.1 Å². The van der Waals surface area contributed by atoms with E-state index >= 15 is 0 Å². The van der Waals surface area contributed by atoms with Crippen LogP contribution in [-0.2, 0) is 42.9 Å². The van der Waals surface area contributed by atoms with Gasteiger partial charge in [0.15, 0.2) is 24.2 Å². The Hall–Kier alpha value is -2.60. The second kappa shape index (κ2) is 8.45. The fraction of sp³-hybridized carbons (Fsp3) is 0.692. The van der Waals surface area contributed by atoms with E-state index in [0.29, 0.717) is 24.0 Å². The van der Waals surface area contributed by atoms with E-state index in [0.717, 1.165) is 12.8 Å². The van der Waals surface area contributed by atoms with Gasteiger partial charge in [0.1, 0.15) is 0 Å². The fourth-order valence-corrected chi connectivity index (χ4v) is 7.23. The Morgan fingerprint density at radius 1 is 0.757 bits per heavy atom. The Morgan fingerprint density at radius 3 is 1.43 bits per heavy atom. The predicted molar refractivity (Wildman–Crippen MR) is 120 cm³/mol. The zero-order chi connectivity index (χ0) is 26.3. The van der Waals surface area contributed by atoms with E-state index in [2.05, 4.69) is 0 Å². The van der Waals surface area contributed by atoms with Crippen LogP contribution in [0, 0.1) is 35.5 Å². The molecule has 0 radical (unpaired) electrons. The number of carboxylic acids is 2. The molecule has 2 aliphatic carbocycles. The summed E-state index contributed by atoms with van der Waals surface area (Å²) in [6.45, 7) is 3.25. The van der Waals surface area contributed by atoms with Crippen molar-refractivity contribution in [1.29, 1.82) is 0 Å². The number of aliphatic carboxylic acids is 2. The molecule has 0 spiro atoms. The van der Waals surface area contributed by atoms with Gasteiger partial charge in [-0.15, -0.1) is 0 Å². The first kappa shape index (κ1) is 24.7. The van der Waals surface area contributed by atoms with E-state index in [-0.39, 0.29) is 37.3 Å². The molecule has 11 heteroatoms. The highest BCUT2D eigenvalue weighted by Gasteiger charge is 2.61. The number of rotatable bonds is 6. The maximum atomic E-state index is 13.3. The summed E-state index contributed by atoms with van der Waals surface area (Å²) in [4.78, 5) is 50.8. The maximum absolute atomic E-state index is 13.3. The van der Waals surface area contributed by atoms with Crippen molar-refractivity contribution in [3.63, 3.8) is 0 Å². The van der Waals surface area contributed by atoms with E-state index < -0.39 is 59.1 Å². The first-order chi connectivity index (χ1) is 17.5. The van der Waals surface area contributed by atoms with Gasteiger partial charge >= 0.3 is 23.9 Å². The van der Waals surface area contributed by atoms with Crippen LogP contribution in [0.15, 0.2) is 23.3 Å². The molecule has 0 amide bonds. The molecule has 0 aromatic carbocycles. The lowest BCUT2D eigenvalue weighted by atomic mass is 9.71. The van der Waals surface area contributed by atoms with E-state index in [1.54, 1.807) is 26.0 Å². The summed E-state index contributed by atoms with van der Waals surface area (Å²) in [5.74, 6) is -11.5. The van der Waals surface area contributed by atoms with Crippen molar-refractivity contribution in [2.45, 2.75) is 76.5 Å². The van der Waals surface area contributed by atoms with Gasteiger partial charge in [0.05, 0.1) is 23.7 Å². The topological polar surface area (TPSA) is 155 Å². The number of hydrogen-bond donors (Lipinski definition) is 2. The maximum Gasteiger partial charge on any atom is 0.317 e. The average molecular weight is 519 g/mol. The minimum atomic E-state index is -1.20. The third-order valence-electron chi connectivity index (χ3n) is 8.98. The minimum absolute atomic E-state index is 0.0773. The van der Waals surface area contributed by atoms with Crippen LogP contribution in [-0.4, -0.2) is 58.2 Å². The minimum Gasteiger partial charge on any atom is -0.481 e. The van der Waals surface area contributed by atoms with Gasteiger partial charge in [-0.25, -0.2) is 0 Å². The lowest BCUT2D eigenvalue weighted by Gasteiger charge is -2.46. The molecule has 6 heterocycles. The van der Waals surface area contributed by atoms with Crippen LogP contribution in [0.5, 0.6) is 0 Å². The Balaban J connectivity index is 1.22. The first-order valence-corrected chi connectivity index (χ1v) is 12.8. The lowest BCUT2D eigenvalue weighted by Crippen LogP contribution is -2.53. The first-order valence-electron chi connectivity index (χ1n) is 12.8. The largest absolute Gasteiger partial charge is 0.481 e.